The molecule has 1 fully saturated rings. The molecule has 39 heavy (non-hydrogen) atoms. The van der Waals surface area contributed by atoms with E-state index in [-0.39, 0.29) is 30.1 Å². The van der Waals surface area contributed by atoms with Gasteiger partial charge in [-0.05, 0) is 55.2 Å². The predicted molar refractivity (Wildman–Crippen MR) is 152 cm³/mol. The minimum Gasteiger partial charge on any atom is -0.495 e. The first-order chi connectivity index (χ1) is 18.6. The fourth-order valence-corrected chi connectivity index (χ4v) is 4.98. The fourth-order valence-electron chi connectivity index (χ4n) is 4.79. The van der Waals surface area contributed by atoms with Gasteiger partial charge in [0.05, 0.1) is 30.6 Å². The molecule has 2 aromatic carbocycles. The first-order valence-corrected chi connectivity index (χ1v) is 13.3. The van der Waals surface area contributed by atoms with Crippen LogP contribution in [0, 0.1) is 17.8 Å². The van der Waals surface area contributed by atoms with Crippen LogP contribution < -0.4 is 15.4 Å². The minimum absolute atomic E-state index is 0.0398. The molecule has 2 N–H and O–H groups in total. The van der Waals surface area contributed by atoms with E-state index in [9.17, 15) is 18.0 Å². The SMILES string of the molecule is COc1cc(S)ccc1NCC#Cc1cc2c(NC3CCN(C(=O)C(C)C)CC3)cccc2n1CC(F)(F)F. The van der Waals surface area contributed by atoms with Crippen LogP contribution in [-0.2, 0) is 11.3 Å². The first kappa shape index (κ1) is 28.6. The molecular formula is C29H33F3N4O2S. The molecule has 1 saturated heterocycles. The lowest BCUT2D eigenvalue weighted by molar-refractivity contribution is -0.140. The van der Waals surface area contributed by atoms with E-state index in [2.05, 4.69) is 35.1 Å². The predicted octanol–water partition coefficient (Wildman–Crippen LogP) is 6.02. The molecule has 4 rings (SSSR count). The van der Waals surface area contributed by atoms with Crippen molar-refractivity contribution in [2.45, 2.75) is 50.3 Å². The second kappa shape index (κ2) is 12.2. The molecule has 0 unspecified atom stereocenters. The number of thiol groups is 1. The van der Waals surface area contributed by atoms with Crippen molar-refractivity contribution < 1.29 is 22.7 Å². The molecule has 10 heteroatoms. The number of likely N-dealkylation sites (tertiary alicyclic amines) is 1. The van der Waals surface area contributed by atoms with Crippen LogP contribution in [0.15, 0.2) is 47.4 Å². The Bertz CT molecular complexity index is 1380. The van der Waals surface area contributed by atoms with Gasteiger partial charge >= 0.3 is 6.18 Å². The topological polar surface area (TPSA) is 58.5 Å². The summed E-state index contributed by atoms with van der Waals surface area (Å²) in [5.41, 5.74) is 2.23. The van der Waals surface area contributed by atoms with Crippen molar-refractivity contribution in [1.29, 1.82) is 0 Å². The van der Waals surface area contributed by atoms with Gasteiger partial charge in [-0.3, -0.25) is 4.79 Å². The van der Waals surface area contributed by atoms with Gasteiger partial charge in [0, 0.05) is 41.0 Å². The van der Waals surface area contributed by atoms with Crippen LogP contribution in [0.3, 0.4) is 0 Å². The number of carbonyl (C=O) groups excluding carboxylic acids is 1. The standard InChI is InChI=1S/C29H33F3N4O2S/c1-19(2)28(37)35-14-11-20(12-15-35)34-24-7-4-8-26-23(24)16-21(36(26)18-29(30,31)32)6-5-13-33-25-10-9-22(39)17-27(25)38-3/h4,7-10,16-17,19-20,33-34,39H,11-15,18H2,1-3H3. The van der Waals surface area contributed by atoms with Crippen molar-refractivity contribution >= 4 is 40.8 Å². The molecule has 1 aromatic heterocycles. The number of nitrogens with zero attached hydrogens (tertiary/aromatic N) is 2. The first-order valence-electron chi connectivity index (χ1n) is 12.9. The molecule has 208 valence electrons. The lowest BCUT2D eigenvalue weighted by atomic mass is 10.0. The molecule has 6 nitrogen and oxygen atoms in total. The molecule has 1 amide bonds. The lowest BCUT2D eigenvalue weighted by Crippen LogP contribution is -2.43. The molecule has 2 heterocycles. The highest BCUT2D eigenvalue weighted by Gasteiger charge is 2.30. The largest absolute Gasteiger partial charge is 0.495 e. The van der Waals surface area contributed by atoms with Crippen molar-refractivity contribution in [1.82, 2.24) is 9.47 Å². The van der Waals surface area contributed by atoms with Crippen molar-refractivity contribution in [3.8, 4) is 17.6 Å². The van der Waals surface area contributed by atoms with Gasteiger partial charge in [-0.25, -0.2) is 0 Å². The Kier molecular flexibility index (Phi) is 8.90. The molecule has 1 aliphatic rings. The number of hydrogen-bond donors (Lipinski definition) is 3. The van der Waals surface area contributed by atoms with E-state index < -0.39 is 12.7 Å². The van der Waals surface area contributed by atoms with Crippen LogP contribution in [-0.4, -0.2) is 54.3 Å². The van der Waals surface area contributed by atoms with E-state index in [4.69, 9.17) is 4.74 Å². The van der Waals surface area contributed by atoms with Gasteiger partial charge in [-0.1, -0.05) is 25.8 Å². The summed E-state index contributed by atoms with van der Waals surface area (Å²) < 4.78 is 47.2. The monoisotopic (exact) mass is 558 g/mol. The van der Waals surface area contributed by atoms with Gasteiger partial charge in [-0.15, -0.1) is 12.6 Å². The Morgan fingerprint density at radius 3 is 2.56 bits per heavy atom. The van der Waals surface area contributed by atoms with Crippen molar-refractivity contribution in [2.75, 3.05) is 37.4 Å². The Morgan fingerprint density at radius 2 is 1.90 bits per heavy atom. The highest BCUT2D eigenvalue weighted by molar-refractivity contribution is 7.80. The Morgan fingerprint density at radius 1 is 1.15 bits per heavy atom. The van der Waals surface area contributed by atoms with Crippen LogP contribution in [0.2, 0.25) is 0 Å². The van der Waals surface area contributed by atoms with Crippen LogP contribution in [0.1, 0.15) is 32.4 Å². The maximum atomic E-state index is 13.5. The molecule has 0 atom stereocenters. The summed E-state index contributed by atoms with van der Waals surface area (Å²) >= 11 is 4.30. The fraction of sp³-hybridized carbons (Fsp3) is 0.414. The zero-order valence-electron chi connectivity index (χ0n) is 22.2. The number of ether oxygens (including phenoxy) is 1. The average Bonchev–Trinajstić information content (AvgIpc) is 3.23. The summed E-state index contributed by atoms with van der Waals surface area (Å²) in [7, 11) is 1.55. The Balaban J connectivity index is 1.55. The number of alkyl halides is 3. The van der Waals surface area contributed by atoms with E-state index in [1.165, 1.54) is 4.57 Å². The summed E-state index contributed by atoms with van der Waals surface area (Å²) in [5.74, 6) is 6.58. The zero-order valence-corrected chi connectivity index (χ0v) is 23.1. The second-order valence-corrected chi connectivity index (χ2v) is 10.4. The summed E-state index contributed by atoms with van der Waals surface area (Å²) in [5, 5.41) is 7.34. The molecule has 0 bridgehead atoms. The Hall–Kier alpha value is -3.45. The van der Waals surface area contributed by atoms with E-state index in [0.29, 0.717) is 35.4 Å². The normalized spacial score (nSPS) is 14.3. The minimum atomic E-state index is -4.40. The molecule has 3 aromatic rings. The molecule has 1 aliphatic heterocycles. The van der Waals surface area contributed by atoms with Gasteiger partial charge in [0.1, 0.15) is 12.3 Å². The maximum absolute atomic E-state index is 13.5. The van der Waals surface area contributed by atoms with Crippen molar-refractivity contribution in [2.24, 2.45) is 5.92 Å². The number of carbonyl (C=O) groups is 1. The van der Waals surface area contributed by atoms with Crippen molar-refractivity contribution in [3.63, 3.8) is 0 Å². The quantitative estimate of drug-likeness (QED) is 0.245. The highest BCUT2D eigenvalue weighted by atomic mass is 32.1. The van der Waals surface area contributed by atoms with E-state index in [1.54, 1.807) is 31.4 Å². The average molecular weight is 559 g/mol. The Labute approximate surface area is 232 Å². The number of amides is 1. The second-order valence-electron chi connectivity index (χ2n) is 9.91. The number of halogens is 3. The lowest BCUT2D eigenvalue weighted by Gasteiger charge is -2.34. The maximum Gasteiger partial charge on any atom is 0.406 e. The van der Waals surface area contributed by atoms with Crippen LogP contribution >= 0.6 is 12.6 Å². The highest BCUT2D eigenvalue weighted by Crippen LogP contribution is 2.31. The number of benzene rings is 2. The number of methoxy groups -OCH3 is 1. The number of hydrogen-bond acceptors (Lipinski definition) is 5. The van der Waals surface area contributed by atoms with Gasteiger partial charge in [0.25, 0.3) is 0 Å². The van der Waals surface area contributed by atoms with Crippen LogP contribution in [0.4, 0.5) is 24.5 Å². The van der Waals surface area contributed by atoms with Crippen molar-refractivity contribution in [3.05, 3.63) is 48.2 Å². The third-order valence-corrected chi connectivity index (χ3v) is 6.99. The van der Waals surface area contributed by atoms with Gasteiger partial charge < -0.3 is 24.8 Å². The molecule has 0 spiro atoms. The van der Waals surface area contributed by atoms with Crippen LogP contribution in [0.25, 0.3) is 10.9 Å². The molecule has 0 saturated carbocycles. The van der Waals surface area contributed by atoms with E-state index in [1.807, 2.05) is 36.9 Å². The number of nitrogens with one attached hydrogen (secondary N) is 2. The molecular weight excluding hydrogens is 525 g/mol. The number of fused-ring (bicyclic) bond motifs is 1. The summed E-state index contributed by atoms with van der Waals surface area (Å²) in [6.45, 7) is 4.19. The van der Waals surface area contributed by atoms with E-state index in [0.717, 1.165) is 23.4 Å². The summed E-state index contributed by atoms with van der Waals surface area (Å²) in [6, 6.07) is 12.5. The van der Waals surface area contributed by atoms with Gasteiger partial charge in [0.15, 0.2) is 0 Å². The molecule has 0 aliphatic carbocycles. The summed E-state index contributed by atoms with van der Waals surface area (Å²) in [4.78, 5) is 14.9. The van der Waals surface area contributed by atoms with Gasteiger partial charge in [0.2, 0.25) is 5.91 Å². The third-order valence-electron chi connectivity index (χ3n) is 6.71. The van der Waals surface area contributed by atoms with E-state index >= 15 is 0 Å². The number of anilines is 2. The zero-order chi connectivity index (χ0) is 28.2. The van der Waals surface area contributed by atoms with Crippen LogP contribution in [0.5, 0.6) is 5.75 Å². The number of rotatable bonds is 7. The number of piperidine rings is 1. The third kappa shape index (κ3) is 7.15. The molecule has 0 radical (unpaired) electrons. The smallest absolute Gasteiger partial charge is 0.406 e. The summed E-state index contributed by atoms with van der Waals surface area (Å²) in [6.07, 6.45) is -2.86. The number of aromatic nitrogens is 1. The van der Waals surface area contributed by atoms with Gasteiger partial charge in [-0.2, -0.15) is 13.2 Å².